The Hall–Kier alpha value is -1.71. The second kappa shape index (κ2) is 2.92. The first-order valence-corrected chi connectivity index (χ1v) is 2.94. The smallest absolute Gasteiger partial charge is 0.154 e. The number of carbonyl (C=O) groups is 2. The SMILES string of the molecule is Nc1nccc(C=O)c1C=O. The van der Waals surface area contributed by atoms with Crippen LogP contribution in [0.15, 0.2) is 12.3 Å². The van der Waals surface area contributed by atoms with Gasteiger partial charge in [-0.2, -0.15) is 0 Å². The third kappa shape index (κ3) is 1.24. The molecule has 0 fully saturated rings. The molecule has 0 bridgehead atoms. The number of aromatic nitrogens is 1. The van der Waals surface area contributed by atoms with Crippen molar-refractivity contribution in [1.29, 1.82) is 0 Å². The molecule has 0 aliphatic rings. The Kier molecular flexibility index (Phi) is 1.96. The van der Waals surface area contributed by atoms with Crippen LogP contribution in [0.3, 0.4) is 0 Å². The molecule has 1 rings (SSSR count). The van der Waals surface area contributed by atoms with Gasteiger partial charge in [-0.3, -0.25) is 9.59 Å². The van der Waals surface area contributed by atoms with Gasteiger partial charge in [-0.15, -0.1) is 0 Å². The first kappa shape index (κ1) is 7.40. The molecular weight excluding hydrogens is 144 g/mol. The van der Waals surface area contributed by atoms with E-state index in [9.17, 15) is 9.59 Å². The van der Waals surface area contributed by atoms with Crippen molar-refractivity contribution < 1.29 is 9.59 Å². The molecule has 11 heavy (non-hydrogen) atoms. The summed E-state index contributed by atoms with van der Waals surface area (Å²) in [4.78, 5) is 24.3. The normalized spacial score (nSPS) is 9.09. The van der Waals surface area contributed by atoms with Gasteiger partial charge in [0.15, 0.2) is 12.6 Å². The minimum Gasteiger partial charge on any atom is -0.383 e. The van der Waals surface area contributed by atoms with Crippen LogP contribution in [-0.4, -0.2) is 17.6 Å². The molecule has 56 valence electrons. The molecule has 0 saturated carbocycles. The van der Waals surface area contributed by atoms with E-state index >= 15 is 0 Å². The topological polar surface area (TPSA) is 73.0 Å². The Morgan fingerprint density at radius 1 is 1.36 bits per heavy atom. The fourth-order valence-corrected chi connectivity index (χ4v) is 0.736. The van der Waals surface area contributed by atoms with E-state index in [1.807, 2.05) is 0 Å². The number of anilines is 1. The molecule has 1 aromatic heterocycles. The van der Waals surface area contributed by atoms with Crippen LogP contribution >= 0.6 is 0 Å². The van der Waals surface area contributed by atoms with Crippen molar-refractivity contribution >= 4 is 18.4 Å². The van der Waals surface area contributed by atoms with E-state index in [1.165, 1.54) is 12.3 Å². The molecule has 0 amide bonds. The van der Waals surface area contributed by atoms with Gasteiger partial charge in [0.25, 0.3) is 0 Å². The number of aldehydes is 2. The number of hydrogen-bond acceptors (Lipinski definition) is 4. The van der Waals surface area contributed by atoms with E-state index in [4.69, 9.17) is 5.73 Å². The van der Waals surface area contributed by atoms with Crippen LogP contribution in [0, 0.1) is 0 Å². The number of nitrogen functional groups attached to an aromatic ring is 1. The van der Waals surface area contributed by atoms with Crippen LogP contribution in [0.5, 0.6) is 0 Å². The van der Waals surface area contributed by atoms with Crippen molar-refractivity contribution in [1.82, 2.24) is 4.98 Å². The lowest BCUT2D eigenvalue weighted by atomic mass is 10.1. The fraction of sp³-hybridized carbons (Fsp3) is 0. The first-order valence-electron chi connectivity index (χ1n) is 2.94. The van der Waals surface area contributed by atoms with Crippen LogP contribution in [0.2, 0.25) is 0 Å². The zero-order valence-electron chi connectivity index (χ0n) is 5.65. The van der Waals surface area contributed by atoms with E-state index in [-0.39, 0.29) is 16.9 Å². The zero-order chi connectivity index (χ0) is 8.27. The van der Waals surface area contributed by atoms with Gasteiger partial charge < -0.3 is 5.73 Å². The van der Waals surface area contributed by atoms with Gasteiger partial charge in [0.2, 0.25) is 0 Å². The third-order valence-electron chi connectivity index (χ3n) is 1.30. The number of nitrogens with two attached hydrogens (primary N) is 1. The number of hydrogen-bond donors (Lipinski definition) is 1. The molecule has 4 nitrogen and oxygen atoms in total. The average molecular weight is 150 g/mol. The maximum Gasteiger partial charge on any atom is 0.154 e. The molecule has 1 heterocycles. The predicted molar refractivity (Wildman–Crippen MR) is 39.4 cm³/mol. The Balaban J connectivity index is 3.35. The van der Waals surface area contributed by atoms with E-state index in [1.54, 1.807) is 0 Å². The van der Waals surface area contributed by atoms with Crippen molar-refractivity contribution in [3.05, 3.63) is 23.4 Å². The fourth-order valence-electron chi connectivity index (χ4n) is 0.736. The van der Waals surface area contributed by atoms with Crippen LogP contribution in [0.25, 0.3) is 0 Å². The molecule has 2 N–H and O–H groups in total. The van der Waals surface area contributed by atoms with Crippen molar-refractivity contribution in [2.24, 2.45) is 0 Å². The maximum absolute atomic E-state index is 10.3. The Labute approximate surface area is 63.0 Å². The van der Waals surface area contributed by atoms with Crippen molar-refractivity contribution in [2.75, 3.05) is 5.73 Å². The van der Waals surface area contributed by atoms with Gasteiger partial charge in [-0.05, 0) is 6.07 Å². The highest BCUT2D eigenvalue weighted by atomic mass is 16.1. The summed E-state index contributed by atoms with van der Waals surface area (Å²) in [7, 11) is 0. The molecule has 0 spiro atoms. The zero-order valence-corrected chi connectivity index (χ0v) is 5.65. The Morgan fingerprint density at radius 3 is 2.55 bits per heavy atom. The molecule has 0 atom stereocenters. The minimum absolute atomic E-state index is 0.0876. The summed E-state index contributed by atoms with van der Waals surface area (Å²) in [5.74, 6) is 0.0876. The maximum atomic E-state index is 10.3. The summed E-state index contributed by atoms with van der Waals surface area (Å²) in [5.41, 5.74) is 5.73. The molecule has 0 aromatic carbocycles. The summed E-state index contributed by atoms with van der Waals surface area (Å²) < 4.78 is 0. The highest BCUT2D eigenvalue weighted by Crippen LogP contribution is 2.08. The number of carbonyl (C=O) groups excluding carboxylic acids is 2. The van der Waals surface area contributed by atoms with E-state index in [2.05, 4.69) is 4.98 Å². The summed E-state index contributed by atoms with van der Waals surface area (Å²) in [6, 6.07) is 1.44. The summed E-state index contributed by atoms with van der Waals surface area (Å²) in [6.45, 7) is 0. The van der Waals surface area contributed by atoms with Gasteiger partial charge in [0, 0.05) is 11.8 Å². The summed E-state index contributed by atoms with van der Waals surface area (Å²) >= 11 is 0. The van der Waals surface area contributed by atoms with Gasteiger partial charge in [-0.1, -0.05) is 0 Å². The van der Waals surface area contributed by atoms with E-state index in [0.29, 0.717) is 12.6 Å². The molecule has 1 aromatic rings. The molecule has 0 aliphatic carbocycles. The number of nitrogens with zero attached hydrogens (tertiary/aromatic N) is 1. The average Bonchev–Trinajstić information content (AvgIpc) is 2.04. The van der Waals surface area contributed by atoms with E-state index < -0.39 is 0 Å². The molecular formula is C7H6N2O2. The van der Waals surface area contributed by atoms with Crippen LogP contribution < -0.4 is 5.73 Å². The number of rotatable bonds is 2. The van der Waals surface area contributed by atoms with Crippen molar-refractivity contribution in [3.63, 3.8) is 0 Å². The van der Waals surface area contributed by atoms with Crippen molar-refractivity contribution in [3.8, 4) is 0 Å². The van der Waals surface area contributed by atoms with Gasteiger partial charge >= 0.3 is 0 Å². The lowest BCUT2D eigenvalue weighted by Gasteiger charge is -1.97. The van der Waals surface area contributed by atoms with Gasteiger partial charge in [-0.25, -0.2) is 4.98 Å². The monoisotopic (exact) mass is 150 g/mol. The van der Waals surface area contributed by atoms with Gasteiger partial charge in [0.05, 0.1) is 5.56 Å². The second-order valence-electron chi connectivity index (χ2n) is 1.93. The Bertz CT molecular complexity index is 296. The van der Waals surface area contributed by atoms with Crippen LogP contribution in [0.4, 0.5) is 5.82 Å². The van der Waals surface area contributed by atoms with Crippen LogP contribution in [0.1, 0.15) is 20.7 Å². The highest BCUT2D eigenvalue weighted by Gasteiger charge is 2.03. The second-order valence-corrected chi connectivity index (χ2v) is 1.93. The molecule has 0 unspecified atom stereocenters. The molecule has 4 heteroatoms. The van der Waals surface area contributed by atoms with Crippen LogP contribution in [-0.2, 0) is 0 Å². The lowest BCUT2D eigenvalue weighted by molar-refractivity contribution is 0.109. The summed E-state index contributed by atoms with van der Waals surface area (Å²) in [5, 5.41) is 0. The quantitative estimate of drug-likeness (QED) is 0.615. The molecule has 0 saturated heterocycles. The minimum atomic E-state index is 0.0876. The van der Waals surface area contributed by atoms with Crippen molar-refractivity contribution in [2.45, 2.75) is 0 Å². The Morgan fingerprint density at radius 2 is 2.09 bits per heavy atom. The van der Waals surface area contributed by atoms with Gasteiger partial charge in [0.1, 0.15) is 5.82 Å². The standard InChI is InChI=1S/C7H6N2O2/c8-7-6(4-11)5(3-10)1-2-9-7/h1-4H,(H2,8,9). The highest BCUT2D eigenvalue weighted by molar-refractivity contribution is 5.94. The largest absolute Gasteiger partial charge is 0.383 e. The van der Waals surface area contributed by atoms with E-state index in [0.717, 1.165) is 0 Å². The summed E-state index contributed by atoms with van der Waals surface area (Å²) in [6.07, 6.45) is 2.47. The lowest BCUT2D eigenvalue weighted by Crippen LogP contribution is -2.00. The first-order chi connectivity index (χ1) is 5.29. The third-order valence-corrected chi connectivity index (χ3v) is 1.30. The number of pyridine rings is 1. The molecule has 0 aliphatic heterocycles. The molecule has 0 radical (unpaired) electrons. The predicted octanol–water partition coefficient (Wildman–Crippen LogP) is 0.289.